The Morgan fingerprint density at radius 1 is 1.05 bits per heavy atom. The van der Waals surface area contributed by atoms with Crippen molar-refractivity contribution in [1.29, 1.82) is 0 Å². The van der Waals surface area contributed by atoms with Crippen molar-refractivity contribution in [2.24, 2.45) is 5.92 Å². The van der Waals surface area contributed by atoms with Gasteiger partial charge in [0.15, 0.2) is 11.5 Å². The lowest BCUT2D eigenvalue weighted by Crippen LogP contribution is -2.50. The summed E-state index contributed by atoms with van der Waals surface area (Å²) in [4.78, 5) is 49.8. The normalized spacial score (nSPS) is 19.6. The third-order valence-electron chi connectivity index (χ3n) is 8.30. The van der Waals surface area contributed by atoms with Gasteiger partial charge in [-0.05, 0) is 60.9 Å². The molecule has 13 heteroatoms. The molecule has 0 saturated heterocycles. The molecule has 2 amide bonds. The van der Waals surface area contributed by atoms with Crippen LogP contribution in [-0.2, 0) is 20.7 Å². The number of halogens is 2. The van der Waals surface area contributed by atoms with E-state index in [0.29, 0.717) is 37.7 Å². The number of methoxy groups -OCH3 is 1. The van der Waals surface area contributed by atoms with Crippen LogP contribution >= 0.6 is 11.6 Å². The van der Waals surface area contributed by atoms with Gasteiger partial charge in [-0.15, -0.1) is 5.10 Å². The van der Waals surface area contributed by atoms with Crippen LogP contribution in [0.15, 0.2) is 61.3 Å². The molecule has 3 heterocycles. The first kappa shape index (κ1) is 29.4. The Bertz CT molecular complexity index is 1710. The van der Waals surface area contributed by atoms with Gasteiger partial charge in [-0.25, -0.2) is 19.0 Å². The number of nitrogens with one attached hydrogen (secondary N) is 1. The molecule has 0 spiro atoms. The molecule has 1 fully saturated rings. The van der Waals surface area contributed by atoms with Gasteiger partial charge < -0.3 is 15.0 Å². The second-order valence-electron chi connectivity index (χ2n) is 10.9. The molecule has 6 rings (SSSR count). The predicted molar refractivity (Wildman–Crippen MR) is 157 cm³/mol. The highest BCUT2D eigenvalue weighted by molar-refractivity contribution is 6.30. The van der Waals surface area contributed by atoms with E-state index < -0.39 is 17.8 Å². The number of esters is 1. The second-order valence-corrected chi connectivity index (χ2v) is 11.3. The van der Waals surface area contributed by atoms with Crippen LogP contribution in [0.4, 0.5) is 4.39 Å². The average molecular weight is 618 g/mol. The minimum absolute atomic E-state index is 0.0413. The van der Waals surface area contributed by atoms with Crippen LogP contribution in [0.5, 0.6) is 0 Å². The Kier molecular flexibility index (Phi) is 8.34. The van der Waals surface area contributed by atoms with Gasteiger partial charge in [-0.2, -0.15) is 0 Å². The number of fused-ring (bicyclic) bond motifs is 1. The monoisotopic (exact) mass is 617 g/mol. The average Bonchev–Trinajstić information content (AvgIpc) is 3.55. The summed E-state index contributed by atoms with van der Waals surface area (Å²) in [6.45, 7) is 0.224. The SMILES string of the molecule is COC(=O)C1CCC(NC(=O)C2c3cccc(-c4cncnc4)c3CCN2C(=O)c2cn(-c3cccc(Cl)c3F)nn2)CC1. The van der Waals surface area contributed by atoms with Gasteiger partial charge in [-0.3, -0.25) is 14.4 Å². The lowest BCUT2D eigenvalue weighted by atomic mass is 9.84. The van der Waals surface area contributed by atoms with Crippen LogP contribution in [0.3, 0.4) is 0 Å². The second kappa shape index (κ2) is 12.5. The Morgan fingerprint density at radius 2 is 1.80 bits per heavy atom. The van der Waals surface area contributed by atoms with Crippen LogP contribution < -0.4 is 5.32 Å². The molecule has 1 N–H and O–H groups in total. The van der Waals surface area contributed by atoms with Crippen molar-refractivity contribution in [3.05, 3.63) is 89.0 Å². The molecule has 44 heavy (non-hydrogen) atoms. The van der Waals surface area contributed by atoms with Crippen molar-refractivity contribution in [2.45, 2.75) is 44.2 Å². The summed E-state index contributed by atoms with van der Waals surface area (Å²) in [6, 6.07) is 8.96. The number of carbonyl (C=O) groups is 3. The highest BCUT2D eigenvalue weighted by Crippen LogP contribution is 2.37. The molecule has 1 aliphatic carbocycles. The number of hydrogen-bond donors (Lipinski definition) is 1. The summed E-state index contributed by atoms with van der Waals surface area (Å²) in [6.07, 6.45) is 9.09. The molecule has 1 atom stereocenters. The summed E-state index contributed by atoms with van der Waals surface area (Å²) < 4.78 is 20.7. The Morgan fingerprint density at radius 3 is 2.55 bits per heavy atom. The standard InChI is InChI=1S/C31H29ClFN7O4/c1-44-31(43)18-8-10-20(11-9-18)36-29(41)28-23-5-2-4-21(19-14-34-17-35-15-19)22(23)12-13-39(28)30(42)25-16-40(38-37-25)26-7-3-6-24(32)27(26)33/h2-7,14-18,20,28H,8-13H2,1H3,(H,36,41). The van der Waals surface area contributed by atoms with Crippen LogP contribution in [0.2, 0.25) is 5.02 Å². The molecule has 0 bridgehead atoms. The predicted octanol–water partition coefficient (Wildman–Crippen LogP) is 4.10. The number of rotatable bonds is 6. The van der Waals surface area contributed by atoms with Gasteiger partial charge in [0.2, 0.25) is 5.91 Å². The molecule has 2 aromatic heterocycles. The molecule has 2 aliphatic rings. The van der Waals surface area contributed by atoms with Crippen molar-refractivity contribution in [3.63, 3.8) is 0 Å². The molecule has 0 radical (unpaired) electrons. The minimum atomic E-state index is -0.970. The van der Waals surface area contributed by atoms with E-state index in [1.807, 2.05) is 18.2 Å². The van der Waals surface area contributed by atoms with E-state index in [9.17, 15) is 18.8 Å². The molecule has 1 saturated carbocycles. The molecular formula is C31H29ClFN7O4. The zero-order valence-corrected chi connectivity index (χ0v) is 24.6. The van der Waals surface area contributed by atoms with Crippen LogP contribution in [0.1, 0.15) is 53.3 Å². The van der Waals surface area contributed by atoms with Crippen molar-refractivity contribution < 1.29 is 23.5 Å². The molecule has 1 aliphatic heterocycles. The first-order valence-electron chi connectivity index (χ1n) is 14.3. The molecule has 11 nitrogen and oxygen atoms in total. The quantitative estimate of drug-likeness (QED) is 0.320. The maximum Gasteiger partial charge on any atom is 0.308 e. The summed E-state index contributed by atoms with van der Waals surface area (Å²) in [5.74, 6) is -1.98. The smallest absolute Gasteiger partial charge is 0.308 e. The zero-order valence-electron chi connectivity index (χ0n) is 23.8. The van der Waals surface area contributed by atoms with Crippen LogP contribution in [-0.4, -0.2) is 67.3 Å². The summed E-state index contributed by atoms with van der Waals surface area (Å²) in [7, 11) is 1.38. The third kappa shape index (κ3) is 5.64. The number of benzene rings is 2. The number of carbonyl (C=O) groups excluding carboxylic acids is 3. The van der Waals surface area contributed by atoms with E-state index >= 15 is 0 Å². The Hall–Kier alpha value is -4.71. The van der Waals surface area contributed by atoms with E-state index in [0.717, 1.165) is 21.4 Å². The van der Waals surface area contributed by atoms with Gasteiger partial charge in [0, 0.05) is 30.5 Å². The Labute approximate surface area is 257 Å². The maximum absolute atomic E-state index is 14.7. The number of nitrogens with zero attached hydrogens (tertiary/aromatic N) is 6. The minimum Gasteiger partial charge on any atom is -0.469 e. The van der Waals surface area contributed by atoms with Crippen LogP contribution in [0.25, 0.3) is 16.8 Å². The lowest BCUT2D eigenvalue weighted by Gasteiger charge is -2.38. The highest BCUT2D eigenvalue weighted by atomic mass is 35.5. The summed E-state index contributed by atoms with van der Waals surface area (Å²) in [5, 5.41) is 11.0. The zero-order chi connectivity index (χ0) is 30.8. The van der Waals surface area contributed by atoms with Crippen molar-refractivity contribution in [3.8, 4) is 16.8 Å². The third-order valence-corrected chi connectivity index (χ3v) is 8.59. The van der Waals surface area contributed by atoms with Gasteiger partial charge in [0.05, 0.1) is 24.2 Å². The molecule has 1 unspecified atom stereocenters. The first-order chi connectivity index (χ1) is 21.4. The molecule has 226 valence electrons. The fourth-order valence-corrected chi connectivity index (χ4v) is 6.27. The van der Waals surface area contributed by atoms with Crippen molar-refractivity contribution in [2.75, 3.05) is 13.7 Å². The van der Waals surface area contributed by atoms with E-state index in [1.165, 1.54) is 36.7 Å². The summed E-state index contributed by atoms with van der Waals surface area (Å²) in [5.41, 5.74) is 3.28. The lowest BCUT2D eigenvalue weighted by molar-refractivity contribution is -0.146. The Balaban J connectivity index is 1.32. The molecule has 2 aromatic carbocycles. The summed E-state index contributed by atoms with van der Waals surface area (Å²) >= 11 is 5.94. The molecule has 4 aromatic rings. The molecular weight excluding hydrogens is 589 g/mol. The number of amides is 2. The van der Waals surface area contributed by atoms with E-state index in [-0.39, 0.29) is 46.8 Å². The fourth-order valence-electron chi connectivity index (χ4n) is 6.10. The van der Waals surface area contributed by atoms with E-state index in [2.05, 4.69) is 25.6 Å². The fraction of sp³-hybridized carbons (Fsp3) is 0.323. The van der Waals surface area contributed by atoms with Crippen molar-refractivity contribution in [1.82, 2.24) is 35.2 Å². The van der Waals surface area contributed by atoms with E-state index in [1.54, 1.807) is 18.5 Å². The number of ether oxygens (including phenoxy) is 1. The van der Waals surface area contributed by atoms with Gasteiger partial charge in [0.1, 0.15) is 18.1 Å². The topological polar surface area (TPSA) is 132 Å². The van der Waals surface area contributed by atoms with Crippen molar-refractivity contribution >= 4 is 29.4 Å². The maximum atomic E-state index is 14.7. The highest BCUT2D eigenvalue weighted by Gasteiger charge is 2.39. The van der Waals surface area contributed by atoms with E-state index in [4.69, 9.17) is 16.3 Å². The van der Waals surface area contributed by atoms with Gasteiger partial charge in [0.25, 0.3) is 5.91 Å². The van der Waals surface area contributed by atoms with Crippen LogP contribution in [0, 0.1) is 11.7 Å². The number of hydrogen-bond acceptors (Lipinski definition) is 8. The first-order valence-corrected chi connectivity index (χ1v) is 14.7. The number of aromatic nitrogens is 5. The largest absolute Gasteiger partial charge is 0.469 e. The van der Waals surface area contributed by atoms with Gasteiger partial charge >= 0.3 is 5.97 Å². The van der Waals surface area contributed by atoms with Gasteiger partial charge in [-0.1, -0.05) is 41.1 Å².